The molecule has 1 aliphatic heterocycles. The van der Waals surface area contributed by atoms with Gasteiger partial charge in [0, 0.05) is 22.5 Å². The highest BCUT2D eigenvalue weighted by molar-refractivity contribution is 7.13. The van der Waals surface area contributed by atoms with E-state index in [1.807, 2.05) is 41.8 Å². The molecule has 1 N–H and O–H groups in total. The van der Waals surface area contributed by atoms with E-state index in [0.717, 1.165) is 35.1 Å². The second kappa shape index (κ2) is 9.57. The molecule has 4 rings (SSSR count). The van der Waals surface area contributed by atoms with Crippen molar-refractivity contribution >= 4 is 28.8 Å². The van der Waals surface area contributed by atoms with Crippen molar-refractivity contribution in [3.63, 3.8) is 0 Å². The van der Waals surface area contributed by atoms with Gasteiger partial charge in [0.25, 0.3) is 0 Å². The van der Waals surface area contributed by atoms with Crippen LogP contribution in [-0.4, -0.2) is 35.4 Å². The first kappa shape index (κ1) is 20.1. The van der Waals surface area contributed by atoms with Crippen LogP contribution in [0.2, 0.25) is 5.02 Å². The van der Waals surface area contributed by atoms with Gasteiger partial charge in [-0.1, -0.05) is 30.2 Å². The van der Waals surface area contributed by atoms with E-state index in [4.69, 9.17) is 16.0 Å². The Morgan fingerprint density at radius 2 is 2.10 bits per heavy atom. The van der Waals surface area contributed by atoms with Crippen LogP contribution in [-0.2, 0) is 11.2 Å². The van der Waals surface area contributed by atoms with Gasteiger partial charge in [0.1, 0.15) is 10.8 Å². The van der Waals surface area contributed by atoms with Crippen molar-refractivity contribution in [1.82, 2.24) is 15.2 Å². The molecule has 7 heteroatoms. The van der Waals surface area contributed by atoms with Crippen LogP contribution in [0, 0.1) is 0 Å². The van der Waals surface area contributed by atoms with Gasteiger partial charge < -0.3 is 9.73 Å². The zero-order chi connectivity index (χ0) is 20.1. The largest absolute Gasteiger partial charge is 0.468 e. The summed E-state index contributed by atoms with van der Waals surface area (Å²) < 4.78 is 5.65. The zero-order valence-corrected chi connectivity index (χ0v) is 17.7. The van der Waals surface area contributed by atoms with Crippen LogP contribution in [0.4, 0.5) is 0 Å². The lowest BCUT2D eigenvalue weighted by Crippen LogP contribution is -2.40. The number of carbonyl (C=O) groups excluding carboxylic acids is 1. The molecule has 5 nitrogen and oxygen atoms in total. The monoisotopic (exact) mass is 429 g/mol. The molecule has 2 aromatic heterocycles. The third-order valence-corrected chi connectivity index (χ3v) is 6.34. The quantitative estimate of drug-likeness (QED) is 0.577. The van der Waals surface area contributed by atoms with E-state index in [-0.39, 0.29) is 18.4 Å². The Morgan fingerprint density at radius 1 is 1.24 bits per heavy atom. The number of hydrogen-bond donors (Lipinski definition) is 1. The van der Waals surface area contributed by atoms with Crippen molar-refractivity contribution in [3.8, 4) is 10.6 Å². The summed E-state index contributed by atoms with van der Waals surface area (Å²) in [5, 5.41) is 6.56. The highest BCUT2D eigenvalue weighted by atomic mass is 35.5. The predicted octanol–water partition coefficient (Wildman–Crippen LogP) is 4.94. The summed E-state index contributed by atoms with van der Waals surface area (Å²) in [4.78, 5) is 19.6. The molecule has 0 spiro atoms. The van der Waals surface area contributed by atoms with Gasteiger partial charge in [0.15, 0.2) is 0 Å². The summed E-state index contributed by atoms with van der Waals surface area (Å²) in [5.41, 5.74) is 1.74. The average molecular weight is 430 g/mol. The van der Waals surface area contributed by atoms with Gasteiger partial charge in [-0.15, -0.1) is 11.3 Å². The maximum absolute atomic E-state index is 12.6. The van der Waals surface area contributed by atoms with Crippen LogP contribution in [0.15, 0.2) is 52.5 Å². The van der Waals surface area contributed by atoms with Crippen LogP contribution >= 0.6 is 22.9 Å². The molecule has 1 atom stereocenters. The van der Waals surface area contributed by atoms with Crippen LogP contribution in [0.5, 0.6) is 0 Å². The normalized spacial score (nSPS) is 15.9. The number of thiazole rings is 1. The molecule has 1 aliphatic rings. The number of rotatable bonds is 7. The molecule has 1 fully saturated rings. The number of aromatic nitrogens is 1. The number of halogens is 1. The van der Waals surface area contributed by atoms with E-state index < -0.39 is 0 Å². The SMILES string of the molecule is O=C(Cc1csc(-c2cccc(Cl)c2)n1)NCC(c1ccco1)N1CCCCC1. The Morgan fingerprint density at radius 3 is 2.86 bits per heavy atom. The standard InChI is InChI=1S/C22H24ClN3O2S/c23-17-7-4-6-16(12-17)22-25-18(15-29-22)13-21(27)24-14-19(20-8-5-11-28-20)26-9-2-1-3-10-26/h4-8,11-12,15,19H,1-3,9-10,13-14H2,(H,24,27). The number of likely N-dealkylation sites (tertiary alicyclic amines) is 1. The Kier molecular flexibility index (Phi) is 6.64. The van der Waals surface area contributed by atoms with E-state index in [9.17, 15) is 4.79 Å². The van der Waals surface area contributed by atoms with Crippen molar-refractivity contribution in [2.24, 2.45) is 0 Å². The summed E-state index contributed by atoms with van der Waals surface area (Å²) in [6, 6.07) is 11.6. The third-order valence-electron chi connectivity index (χ3n) is 5.16. The molecule has 0 radical (unpaired) electrons. The van der Waals surface area contributed by atoms with Crippen molar-refractivity contribution < 1.29 is 9.21 Å². The first-order chi connectivity index (χ1) is 14.2. The van der Waals surface area contributed by atoms with Crippen molar-refractivity contribution in [2.75, 3.05) is 19.6 Å². The Bertz CT molecular complexity index is 935. The lowest BCUT2D eigenvalue weighted by atomic mass is 10.1. The van der Waals surface area contributed by atoms with E-state index in [2.05, 4.69) is 15.2 Å². The van der Waals surface area contributed by atoms with E-state index in [1.165, 1.54) is 30.6 Å². The Balaban J connectivity index is 1.36. The highest BCUT2D eigenvalue weighted by Gasteiger charge is 2.25. The first-order valence-electron chi connectivity index (χ1n) is 9.93. The fourth-order valence-electron chi connectivity index (χ4n) is 3.70. The first-order valence-corrected chi connectivity index (χ1v) is 11.2. The highest BCUT2D eigenvalue weighted by Crippen LogP contribution is 2.27. The maximum atomic E-state index is 12.6. The number of benzene rings is 1. The third kappa shape index (κ3) is 5.26. The zero-order valence-electron chi connectivity index (χ0n) is 16.1. The van der Waals surface area contributed by atoms with Gasteiger partial charge in [-0.2, -0.15) is 0 Å². The summed E-state index contributed by atoms with van der Waals surface area (Å²) in [5.74, 6) is 0.880. The number of amides is 1. The Hall–Kier alpha value is -2.15. The number of piperidine rings is 1. The molecule has 1 unspecified atom stereocenters. The topological polar surface area (TPSA) is 58.4 Å². The van der Waals surface area contributed by atoms with Gasteiger partial charge in [-0.3, -0.25) is 9.69 Å². The summed E-state index contributed by atoms with van der Waals surface area (Å²) in [6.07, 6.45) is 5.61. The molecule has 1 saturated heterocycles. The molecule has 3 aromatic rings. The molecule has 0 bridgehead atoms. The maximum Gasteiger partial charge on any atom is 0.226 e. The van der Waals surface area contributed by atoms with Crippen LogP contribution in [0.25, 0.3) is 10.6 Å². The number of nitrogens with zero attached hydrogens (tertiary/aromatic N) is 2. The fourth-order valence-corrected chi connectivity index (χ4v) is 4.71. The minimum Gasteiger partial charge on any atom is -0.468 e. The lowest BCUT2D eigenvalue weighted by molar-refractivity contribution is -0.120. The molecular formula is C22H24ClN3O2S. The van der Waals surface area contributed by atoms with E-state index in [1.54, 1.807) is 6.26 Å². The Labute approximate surface area is 179 Å². The smallest absolute Gasteiger partial charge is 0.226 e. The van der Waals surface area contributed by atoms with Crippen LogP contribution < -0.4 is 5.32 Å². The lowest BCUT2D eigenvalue weighted by Gasteiger charge is -2.33. The predicted molar refractivity (Wildman–Crippen MR) is 116 cm³/mol. The molecule has 1 amide bonds. The molecule has 3 heterocycles. The van der Waals surface area contributed by atoms with Crippen molar-refractivity contribution in [3.05, 3.63) is 64.5 Å². The molecule has 0 aliphatic carbocycles. The number of furan rings is 1. The fraction of sp³-hybridized carbons (Fsp3) is 0.364. The van der Waals surface area contributed by atoms with Crippen LogP contribution in [0.1, 0.15) is 36.8 Å². The molecule has 1 aromatic carbocycles. The van der Waals surface area contributed by atoms with E-state index >= 15 is 0 Å². The number of nitrogens with one attached hydrogen (secondary N) is 1. The van der Waals surface area contributed by atoms with Gasteiger partial charge in [-0.25, -0.2) is 4.98 Å². The minimum absolute atomic E-state index is 0.0264. The van der Waals surface area contributed by atoms with E-state index in [0.29, 0.717) is 11.6 Å². The minimum atomic E-state index is -0.0264. The van der Waals surface area contributed by atoms with Crippen LogP contribution in [0.3, 0.4) is 0 Å². The number of carbonyl (C=O) groups is 1. The molecule has 152 valence electrons. The van der Waals surface area contributed by atoms with Gasteiger partial charge >= 0.3 is 0 Å². The molecule has 29 heavy (non-hydrogen) atoms. The second-order valence-electron chi connectivity index (χ2n) is 7.26. The molecular weight excluding hydrogens is 406 g/mol. The summed E-state index contributed by atoms with van der Waals surface area (Å²) in [6.45, 7) is 2.62. The van der Waals surface area contributed by atoms with Gasteiger partial charge in [0.2, 0.25) is 5.91 Å². The van der Waals surface area contributed by atoms with Crippen molar-refractivity contribution in [2.45, 2.75) is 31.7 Å². The number of hydrogen-bond acceptors (Lipinski definition) is 5. The van der Waals surface area contributed by atoms with Gasteiger partial charge in [0.05, 0.1) is 24.4 Å². The van der Waals surface area contributed by atoms with Crippen molar-refractivity contribution in [1.29, 1.82) is 0 Å². The molecule has 0 saturated carbocycles. The summed E-state index contributed by atoms with van der Waals surface area (Å²) >= 11 is 7.59. The summed E-state index contributed by atoms with van der Waals surface area (Å²) in [7, 11) is 0. The second-order valence-corrected chi connectivity index (χ2v) is 8.56. The van der Waals surface area contributed by atoms with Gasteiger partial charge in [-0.05, 0) is 50.2 Å². The average Bonchev–Trinajstić information content (AvgIpc) is 3.42.